The highest BCUT2D eigenvalue weighted by Crippen LogP contribution is 2.27. The second-order valence-corrected chi connectivity index (χ2v) is 5.46. The number of imidazole rings is 1. The van der Waals surface area contributed by atoms with Crippen molar-refractivity contribution in [2.45, 2.75) is 0 Å². The van der Waals surface area contributed by atoms with E-state index in [0.717, 1.165) is 27.9 Å². The molecule has 0 fully saturated rings. The summed E-state index contributed by atoms with van der Waals surface area (Å²) in [6.45, 7) is 0. The van der Waals surface area contributed by atoms with Crippen molar-refractivity contribution in [2.24, 2.45) is 0 Å². The maximum atomic E-state index is 4.64. The summed E-state index contributed by atoms with van der Waals surface area (Å²) in [4.78, 5) is 9.04. The summed E-state index contributed by atoms with van der Waals surface area (Å²) in [6.07, 6.45) is 3.86. The molecule has 0 aliphatic carbocycles. The number of hydrogen-bond donors (Lipinski definition) is 1. The number of anilines is 2. The van der Waals surface area contributed by atoms with Gasteiger partial charge in [-0.3, -0.25) is 4.40 Å². The van der Waals surface area contributed by atoms with Gasteiger partial charge in [0.25, 0.3) is 0 Å². The molecule has 5 heteroatoms. The average Bonchev–Trinajstić information content (AvgIpc) is 3.14. The summed E-state index contributed by atoms with van der Waals surface area (Å²) >= 11 is 1.59. The van der Waals surface area contributed by atoms with Gasteiger partial charge in [0.1, 0.15) is 11.3 Å². The Hall–Kier alpha value is -2.66. The Kier molecular flexibility index (Phi) is 2.90. The van der Waals surface area contributed by atoms with E-state index in [1.807, 2.05) is 70.7 Å². The molecule has 0 spiro atoms. The summed E-state index contributed by atoms with van der Waals surface area (Å²) in [5, 5.41) is 6.23. The second kappa shape index (κ2) is 5.03. The van der Waals surface area contributed by atoms with Crippen molar-refractivity contribution in [3.8, 4) is 11.4 Å². The monoisotopic (exact) mass is 292 g/mol. The van der Waals surface area contributed by atoms with Gasteiger partial charge in [-0.2, -0.15) is 0 Å². The van der Waals surface area contributed by atoms with Crippen molar-refractivity contribution < 1.29 is 0 Å². The highest BCUT2D eigenvalue weighted by atomic mass is 32.1. The van der Waals surface area contributed by atoms with Crippen LogP contribution in [0.1, 0.15) is 0 Å². The fraction of sp³-hybridized carbons (Fsp3) is 0. The number of pyridine rings is 1. The van der Waals surface area contributed by atoms with E-state index in [4.69, 9.17) is 0 Å². The van der Waals surface area contributed by atoms with Crippen molar-refractivity contribution in [1.82, 2.24) is 14.4 Å². The Balaban J connectivity index is 1.68. The van der Waals surface area contributed by atoms with E-state index in [-0.39, 0.29) is 0 Å². The largest absolute Gasteiger partial charge is 0.332 e. The SMILES string of the molecule is c1ccc(Nc2nc(-c3cnc4ccccn34)cs2)cc1. The molecule has 0 aliphatic rings. The number of rotatable bonds is 3. The molecule has 0 amide bonds. The Bertz CT molecular complexity index is 879. The first kappa shape index (κ1) is 12.1. The number of para-hydroxylation sites is 1. The summed E-state index contributed by atoms with van der Waals surface area (Å²) < 4.78 is 2.04. The third-order valence-corrected chi connectivity index (χ3v) is 3.97. The van der Waals surface area contributed by atoms with E-state index in [9.17, 15) is 0 Å². The van der Waals surface area contributed by atoms with Crippen LogP contribution in [0, 0.1) is 0 Å². The first-order chi connectivity index (χ1) is 10.4. The van der Waals surface area contributed by atoms with E-state index in [2.05, 4.69) is 15.3 Å². The minimum absolute atomic E-state index is 0.877. The van der Waals surface area contributed by atoms with Gasteiger partial charge in [0.2, 0.25) is 0 Å². The quantitative estimate of drug-likeness (QED) is 0.615. The molecule has 1 N–H and O–H groups in total. The molecule has 3 heterocycles. The molecule has 0 atom stereocenters. The number of fused-ring (bicyclic) bond motifs is 1. The molecule has 4 nitrogen and oxygen atoms in total. The summed E-state index contributed by atoms with van der Waals surface area (Å²) in [6, 6.07) is 16.0. The van der Waals surface area contributed by atoms with Gasteiger partial charge in [-0.15, -0.1) is 11.3 Å². The smallest absolute Gasteiger partial charge is 0.187 e. The second-order valence-electron chi connectivity index (χ2n) is 4.60. The lowest BCUT2D eigenvalue weighted by Gasteiger charge is -2.01. The van der Waals surface area contributed by atoms with Gasteiger partial charge in [0.05, 0.1) is 11.9 Å². The van der Waals surface area contributed by atoms with Crippen LogP contribution in [-0.2, 0) is 0 Å². The molecule has 0 unspecified atom stereocenters. The molecule has 21 heavy (non-hydrogen) atoms. The Morgan fingerprint density at radius 1 is 1.00 bits per heavy atom. The zero-order chi connectivity index (χ0) is 14.1. The van der Waals surface area contributed by atoms with Crippen molar-refractivity contribution in [2.75, 3.05) is 5.32 Å². The lowest BCUT2D eigenvalue weighted by atomic mass is 10.3. The summed E-state index contributed by atoms with van der Waals surface area (Å²) in [7, 11) is 0. The van der Waals surface area contributed by atoms with Crippen LogP contribution in [0.2, 0.25) is 0 Å². The van der Waals surface area contributed by atoms with E-state index < -0.39 is 0 Å². The normalized spacial score (nSPS) is 10.9. The van der Waals surface area contributed by atoms with Crippen LogP contribution in [0.15, 0.2) is 66.3 Å². The fourth-order valence-electron chi connectivity index (χ4n) is 2.22. The number of benzene rings is 1. The average molecular weight is 292 g/mol. The van der Waals surface area contributed by atoms with Crippen LogP contribution in [0.25, 0.3) is 17.0 Å². The summed E-state index contributed by atoms with van der Waals surface area (Å²) in [5.74, 6) is 0. The fourth-order valence-corrected chi connectivity index (χ4v) is 2.94. The maximum absolute atomic E-state index is 4.64. The van der Waals surface area contributed by atoms with Crippen LogP contribution in [0.4, 0.5) is 10.8 Å². The first-order valence-corrected chi connectivity index (χ1v) is 7.48. The molecule has 0 radical (unpaired) electrons. The van der Waals surface area contributed by atoms with E-state index in [1.54, 1.807) is 11.3 Å². The van der Waals surface area contributed by atoms with E-state index in [1.165, 1.54) is 0 Å². The lowest BCUT2D eigenvalue weighted by molar-refractivity contribution is 1.18. The third-order valence-electron chi connectivity index (χ3n) is 3.21. The molecule has 4 aromatic rings. The molecule has 3 aromatic heterocycles. The van der Waals surface area contributed by atoms with Crippen LogP contribution < -0.4 is 5.32 Å². The van der Waals surface area contributed by atoms with Crippen molar-refractivity contribution in [3.05, 3.63) is 66.3 Å². The van der Waals surface area contributed by atoms with Crippen molar-refractivity contribution >= 4 is 27.8 Å². The minimum atomic E-state index is 0.877. The molecule has 0 aliphatic heterocycles. The predicted octanol–water partition coefficient (Wildman–Crippen LogP) is 4.20. The van der Waals surface area contributed by atoms with Crippen molar-refractivity contribution in [3.63, 3.8) is 0 Å². The van der Waals surface area contributed by atoms with E-state index in [0.29, 0.717) is 0 Å². The number of thiazole rings is 1. The maximum Gasteiger partial charge on any atom is 0.187 e. The number of nitrogens with zero attached hydrogens (tertiary/aromatic N) is 3. The van der Waals surface area contributed by atoms with Gasteiger partial charge in [-0.05, 0) is 24.3 Å². The molecule has 4 rings (SSSR count). The van der Waals surface area contributed by atoms with Crippen LogP contribution in [0.3, 0.4) is 0 Å². The topological polar surface area (TPSA) is 42.2 Å². The van der Waals surface area contributed by atoms with Gasteiger partial charge >= 0.3 is 0 Å². The van der Waals surface area contributed by atoms with Crippen molar-refractivity contribution in [1.29, 1.82) is 0 Å². The molecule has 0 bridgehead atoms. The molecule has 102 valence electrons. The van der Waals surface area contributed by atoms with Gasteiger partial charge < -0.3 is 5.32 Å². The van der Waals surface area contributed by atoms with Crippen LogP contribution in [-0.4, -0.2) is 14.4 Å². The third kappa shape index (κ3) is 2.28. The first-order valence-electron chi connectivity index (χ1n) is 6.60. The summed E-state index contributed by atoms with van der Waals surface area (Å²) in [5.41, 5.74) is 3.90. The molecule has 1 aromatic carbocycles. The Morgan fingerprint density at radius 3 is 2.76 bits per heavy atom. The highest BCUT2D eigenvalue weighted by molar-refractivity contribution is 7.14. The van der Waals surface area contributed by atoms with E-state index >= 15 is 0 Å². The number of aromatic nitrogens is 3. The van der Waals surface area contributed by atoms with Gasteiger partial charge in [-0.1, -0.05) is 24.3 Å². The molecular formula is C16H12N4S. The molecule has 0 saturated heterocycles. The van der Waals surface area contributed by atoms with Crippen LogP contribution in [0.5, 0.6) is 0 Å². The van der Waals surface area contributed by atoms with Crippen LogP contribution >= 0.6 is 11.3 Å². The number of nitrogens with one attached hydrogen (secondary N) is 1. The standard InChI is InChI=1S/C16H12N4S/c1-2-6-12(7-3-1)18-16-19-13(11-21-16)14-10-17-15-8-4-5-9-20(14)15/h1-11H,(H,18,19). The highest BCUT2D eigenvalue weighted by Gasteiger charge is 2.09. The van der Waals surface area contributed by atoms with Gasteiger partial charge in [-0.25, -0.2) is 9.97 Å². The zero-order valence-electron chi connectivity index (χ0n) is 11.1. The molecular weight excluding hydrogens is 280 g/mol. The lowest BCUT2D eigenvalue weighted by Crippen LogP contribution is -1.90. The Morgan fingerprint density at radius 2 is 1.86 bits per heavy atom. The van der Waals surface area contributed by atoms with Gasteiger partial charge in [0.15, 0.2) is 5.13 Å². The number of hydrogen-bond acceptors (Lipinski definition) is 4. The minimum Gasteiger partial charge on any atom is -0.332 e. The Labute approximate surface area is 125 Å². The zero-order valence-corrected chi connectivity index (χ0v) is 11.9. The molecule has 0 saturated carbocycles. The van der Waals surface area contributed by atoms with Gasteiger partial charge in [0, 0.05) is 17.3 Å². The predicted molar refractivity (Wildman–Crippen MR) is 86.0 cm³/mol.